The van der Waals surface area contributed by atoms with Crippen LogP contribution in [0.1, 0.15) is 37.5 Å². The Bertz CT molecular complexity index is 1370. The second-order valence-electron chi connectivity index (χ2n) is 10.5. The van der Waals surface area contributed by atoms with Gasteiger partial charge in [0.2, 0.25) is 0 Å². The number of nitrogens with one attached hydrogen (secondary N) is 1. The highest BCUT2D eigenvalue weighted by atomic mass is 32.2. The molecule has 5 rings (SSSR count). The lowest BCUT2D eigenvalue weighted by molar-refractivity contribution is -0.123. The van der Waals surface area contributed by atoms with Crippen LogP contribution in [0.3, 0.4) is 0 Å². The molecular weight excluding hydrogens is 498 g/mol. The fourth-order valence-corrected chi connectivity index (χ4v) is 6.51. The summed E-state index contributed by atoms with van der Waals surface area (Å²) >= 11 is 1.49. The molecular formula is C30H33N3O4S. The van der Waals surface area contributed by atoms with E-state index in [4.69, 9.17) is 9.47 Å². The summed E-state index contributed by atoms with van der Waals surface area (Å²) in [6.07, 6.45) is 0. The van der Waals surface area contributed by atoms with E-state index in [0.29, 0.717) is 36.0 Å². The second-order valence-corrected chi connectivity index (χ2v) is 11.8. The lowest BCUT2D eigenvalue weighted by Crippen LogP contribution is -2.51. The molecule has 3 aromatic rings. The molecule has 198 valence electrons. The number of methoxy groups -OCH3 is 2. The van der Waals surface area contributed by atoms with Crippen molar-refractivity contribution in [1.29, 1.82) is 0 Å². The molecule has 1 spiro atoms. The van der Waals surface area contributed by atoms with Gasteiger partial charge in [0.1, 0.15) is 11.5 Å². The van der Waals surface area contributed by atoms with Crippen LogP contribution in [0.5, 0.6) is 11.5 Å². The van der Waals surface area contributed by atoms with Gasteiger partial charge >= 0.3 is 6.03 Å². The lowest BCUT2D eigenvalue weighted by Gasteiger charge is -2.33. The fraction of sp³-hybridized carbons (Fsp3) is 0.333. The van der Waals surface area contributed by atoms with E-state index >= 15 is 0 Å². The molecule has 0 aromatic heterocycles. The molecule has 0 bridgehead atoms. The monoisotopic (exact) mass is 531 g/mol. The predicted octanol–water partition coefficient (Wildman–Crippen LogP) is 5.98. The number of thioether (sulfide) groups is 1. The van der Waals surface area contributed by atoms with Crippen LogP contribution in [0, 0.1) is 0 Å². The molecule has 2 aliphatic rings. The van der Waals surface area contributed by atoms with Crippen LogP contribution >= 0.6 is 11.8 Å². The van der Waals surface area contributed by atoms with E-state index in [0.717, 1.165) is 16.8 Å². The number of nitrogens with zero attached hydrogens (tertiary/aromatic N) is 2. The summed E-state index contributed by atoms with van der Waals surface area (Å²) in [6.45, 7) is 7.40. The van der Waals surface area contributed by atoms with Crippen LogP contribution < -0.4 is 19.7 Å². The lowest BCUT2D eigenvalue weighted by atomic mass is 9.87. The molecule has 1 atom stereocenters. The number of hydrogen-bond acceptors (Lipinski definition) is 5. The van der Waals surface area contributed by atoms with Gasteiger partial charge in [-0.1, -0.05) is 51.1 Å². The maximum absolute atomic E-state index is 14.3. The molecule has 2 heterocycles. The Morgan fingerprint density at radius 3 is 2.39 bits per heavy atom. The number of urea groups is 1. The summed E-state index contributed by atoms with van der Waals surface area (Å²) in [7, 11) is 3.19. The minimum Gasteiger partial charge on any atom is -0.497 e. The average molecular weight is 532 g/mol. The summed E-state index contributed by atoms with van der Waals surface area (Å²) in [5.74, 6) is 1.81. The van der Waals surface area contributed by atoms with Crippen LogP contribution in [0.2, 0.25) is 0 Å². The van der Waals surface area contributed by atoms with Gasteiger partial charge in [0.15, 0.2) is 4.87 Å². The second kappa shape index (κ2) is 9.91. The smallest absolute Gasteiger partial charge is 0.323 e. The molecule has 1 N–H and O–H groups in total. The number of hydrogen-bond donors (Lipinski definition) is 1. The molecule has 0 radical (unpaired) electrons. The third-order valence-electron chi connectivity index (χ3n) is 7.13. The Morgan fingerprint density at radius 2 is 1.71 bits per heavy atom. The first kappa shape index (κ1) is 26.0. The topological polar surface area (TPSA) is 71.1 Å². The number of amides is 3. The molecule has 2 aliphatic heterocycles. The van der Waals surface area contributed by atoms with E-state index in [1.165, 1.54) is 17.3 Å². The van der Waals surface area contributed by atoms with Gasteiger partial charge in [-0.3, -0.25) is 9.69 Å². The maximum Gasteiger partial charge on any atom is 0.323 e. The van der Waals surface area contributed by atoms with Crippen molar-refractivity contribution in [2.45, 2.75) is 37.6 Å². The molecule has 0 unspecified atom stereocenters. The van der Waals surface area contributed by atoms with Gasteiger partial charge in [-0.2, -0.15) is 0 Å². The van der Waals surface area contributed by atoms with E-state index in [1.807, 2.05) is 30.3 Å². The van der Waals surface area contributed by atoms with Crippen molar-refractivity contribution in [2.24, 2.45) is 0 Å². The maximum atomic E-state index is 14.3. The zero-order valence-corrected chi connectivity index (χ0v) is 23.2. The Hall–Kier alpha value is -3.65. The average Bonchev–Trinajstić information content (AvgIpc) is 3.45. The Morgan fingerprint density at radius 1 is 1.00 bits per heavy atom. The molecule has 1 saturated heterocycles. The van der Waals surface area contributed by atoms with Gasteiger partial charge < -0.3 is 19.7 Å². The number of anilines is 2. The highest BCUT2D eigenvalue weighted by Gasteiger charge is 2.59. The van der Waals surface area contributed by atoms with Crippen molar-refractivity contribution in [3.8, 4) is 11.5 Å². The molecule has 7 nitrogen and oxygen atoms in total. The Labute approximate surface area is 228 Å². The first-order chi connectivity index (χ1) is 18.2. The van der Waals surface area contributed by atoms with Crippen molar-refractivity contribution in [2.75, 3.05) is 36.7 Å². The van der Waals surface area contributed by atoms with Gasteiger partial charge in [-0.15, -0.1) is 11.8 Å². The van der Waals surface area contributed by atoms with Crippen LogP contribution in [0.15, 0.2) is 66.7 Å². The van der Waals surface area contributed by atoms with E-state index in [9.17, 15) is 9.59 Å². The summed E-state index contributed by atoms with van der Waals surface area (Å²) in [6, 6.07) is 20.9. The van der Waals surface area contributed by atoms with Gasteiger partial charge in [-0.25, -0.2) is 4.79 Å². The van der Waals surface area contributed by atoms with E-state index in [1.54, 1.807) is 36.2 Å². The van der Waals surface area contributed by atoms with E-state index < -0.39 is 4.87 Å². The number of benzene rings is 3. The fourth-order valence-electron chi connectivity index (χ4n) is 5.06. The van der Waals surface area contributed by atoms with Crippen LogP contribution in [0.4, 0.5) is 16.2 Å². The quantitative estimate of drug-likeness (QED) is 0.439. The van der Waals surface area contributed by atoms with Crippen molar-refractivity contribution in [3.63, 3.8) is 0 Å². The molecule has 3 aromatic carbocycles. The number of carbonyl (C=O) groups is 2. The Balaban J connectivity index is 1.50. The summed E-state index contributed by atoms with van der Waals surface area (Å²) in [5.41, 5.74) is 4.49. The highest BCUT2D eigenvalue weighted by Crippen LogP contribution is 2.55. The predicted molar refractivity (Wildman–Crippen MR) is 152 cm³/mol. The van der Waals surface area contributed by atoms with Gasteiger partial charge in [-0.05, 0) is 46.9 Å². The van der Waals surface area contributed by atoms with Gasteiger partial charge in [0, 0.05) is 29.6 Å². The minimum absolute atomic E-state index is 0.0479. The van der Waals surface area contributed by atoms with E-state index in [2.05, 4.69) is 50.4 Å². The molecule has 1 fully saturated rings. The SMILES string of the molecule is COc1cccc(NC(=O)N2CCS[C@]23C(=O)N(Cc2ccc(C(C)(C)C)cc2)c2ccc(OC)cc23)c1. The number of ether oxygens (including phenoxy) is 2. The van der Waals surface area contributed by atoms with Crippen molar-refractivity contribution in [1.82, 2.24) is 4.90 Å². The number of fused-ring (bicyclic) bond motifs is 2. The largest absolute Gasteiger partial charge is 0.497 e. The third-order valence-corrected chi connectivity index (χ3v) is 8.55. The highest BCUT2D eigenvalue weighted by molar-refractivity contribution is 8.01. The standard InChI is InChI=1S/C30H33N3O4S/c1-29(2,3)21-11-9-20(10-12-21)19-32-26-14-13-24(37-5)18-25(26)30(27(32)34)33(15-16-38-30)28(35)31-22-7-6-8-23(17-22)36-4/h6-14,17-18H,15-16,19H2,1-5H3,(H,31,35)/t30-/m1/s1. The first-order valence-corrected chi connectivity index (χ1v) is 13.6. The summed E-state index contributed by atoms with van der Waals surface area (Å²) < 4.78 is 10.8. The molecule has 8 heteroatoms. The Kier molecular flexibility index (Phi) is 6.77. The summed E-state index contributed by atoms with van der Waals surface area (Å²) in [4.78, 5) is 30.2. The first-order valence-electron chi connectivity index (χ1n) is 12.6. The number of rotatable bonds is 5. The summed E-state index contributed by atoms with van der Waals surface area (Å²) in [5, 5.41) is 2.97. The van der Waals surface area contributed by atoms with Crippen LogP contribution in [0.25, 0.3) is 0 Å². The molecule has 3 amide bonds. The van der Waals surface area contributed by atoms with Gasteiger partial charge in [0.25, 0.3) is 5.91 Å². The van der Waals surface area contributed by atoms with Crippen LogP contribution in [-0.4, -0.2) is 43.4 Å². The van der Waals surface area contributed by atoms with Crippen molar-refractivity contribution >= 4 is 35.1 Å². The van der Waals surface area contributed by atoms with Crippen molar-refractivity contribution in [3.05, 3.63) is 83.4 Å². The molecule has 0 aliphatic carbocycles. The normalized spacial score (nSPS) is 18.6. The zero-order chi connectivity index (χ0) is 27.1. The van der Waals surface area contributed by atoms with Gasteiger partial charge in [0.05, 0.1) is 26.5 Å². The van der Waals surface area contributed by atoms with Crippen LogP contribution in [-0.2, 0) is 21.6 Å². The number of carbonyl (C=O) groups excluding carboxylic acids is 2. The zero-order valence-electron chi connectivity index (χ0n) is 22.4. The third kappa shape index (κ3) is 4.47. The van der Waals surface area contributed by atoms with Crippen molar-refractivity contribution < 1.29 is 19.1 Å². The molecule has 0 saturated carbocycles. The van der Waals surface area contributed by atoms with E-state index in [-0.39, 0.29) is 17.4 Å². The minimum atomic E-state index is -1.17. The molecule has 38 heavy (non-hydrogen) atoms.